The van der Waals surface area contributed by atoms with Gasteiger partial charge in [0.1, 0.15) is 10.4 Å². The van der Waals surface area contributed by atoms with Gasteiger partial charge in [0.15, 0.2) is 5.69 Å². The summed E-state index contributed by atoms with van der Waals surface area (Å²) < 4.78 is 6.61. The average molecular weight is 405 g/mol. The summed E-state index contributed by atoms with van der Waals surface area (Å²) in [4.78, 5) is 14.0. The van der Waals surface area contributed by atoms with Crippen LogP contribution in [0.2, 0.25) is 0 Å². The number of aromatic amines is 1. The first-order valence-corrected chi connectivity index (χ1v) is 7.78. The number of aromatic nitrogens is 2. The van der Waals surface area contributed by atoms with Crippen LogP contribution < -0.4 is 0 Å². The monoisotopic (exact) mass is 403 g/mol. The molecule has 0 radical (unpaired) electrons. The number of carbonyl (C=O) groups is 1. The number of halogens is 2. The van der Waals surface area contributed by atoms with Gasteiger partial charge in [0, 0.05) is 19.5 Å². The number of hydrogen-bond donors (Lipinski definition) is 1. The van der Waals surface area contributed by atoms with Crippen molar-refractivity contribution in [2.45, 2.75) is 25.8 Å². The molecule has 1 atom stereocenters. The number of aryl methyl sites for hydroxylation is 1. The maximum Gasteiger partial charge on any atom is 0.275 e. The van der Waals surface area contributed by atoms with Crippen molar-refractivity contribution >= 4 is 37.8 Å². The van der Waals surface area contributed by atoms with E-state index in [1.165, 1.54) is 0 Å². The van der Waals surface area contributed by atoms with E-state index < -0.39 is 0 Å². The maximum atomic E-state index is 12.4. The van der Waals surface area contributed by atoms with Crippen LogP contribution in [0.3, 0.4) is 0 Å². The van der Waals surface area contributed by atoms with Gasteiger partial charge < -0.3 is 9.32 Å². The third-order valence-electron chi connectivity index (χ3n) is 3.24. The predicted octanol–water partition coefficient (Wildman–Crippen LogP) is 3.62. The molecule has 2 heterocycles. The van der Waals surface area contributed by atoms with E-state index in [9.17, 15) is 4.79 Å². The summed E-state index contributed by atoms with van der Waals surface area (Å²) in [5, 5.41) is 6.72. The van der Waals surface area contributed by atoms with E-state index in [1.807, 2.05) is 19.1 Å². The van der Waals surface area contributed by atoms with Gasteiger partial charge in [0.05, 0.1) is 10.7 Å². The first kappa shape index (κ1) is 15.3. The minimum absolute atomic E-state index is 0.0926. The molecule has 0 bridgehead atoms. The van der Waals surface area contributed by atoms with E-state index in [0.717, 1.165) is 18.6 Å². The second-order valence-corrected chi connectivity index (χ2v) is 6.17. The first-order valence-electron chi connectivity index (χ1n) is 6.19. The topological polar surface area (TPSA) is 62.1 Å². The van der Waals surface area contributed by atoms with E-state index >= 15 is 0 Å². The molecule has 2 aromatic heterocycles. The highest BCUT2D eigenvalue weighted by molar-refractivity contribution is 9.13. The van der Waals surface area contributed by atoms with Crippen molar-refractivity contribution in [1.82, 2.24) is 15.1 Å². The number of furan rings is 1. The fourth-order valence-electron chi connectivity index (χ4n) is 1.82. The van der Waals surface area contributed by atoms with E-state index in [4.69, 9.17) is 4.42 Å². The zero-order valence-corrected chi connectivity index (χ0v) is 14.4. The number of rotatable bonds is 5. The Balaban J connectivity index is 1.97. The molecule has 2 rings (SSSR count). The lowest BCUT2D eigenvalue weighted by Gasteiger charge is -2.24. The van der Waals surface area contributed by atoms with Crippen LogP contribution in [-0.2, 0) is 6.42 Å². The molecule has 108 valence electrons. The molecule has 0 fully saturated rings. The molecule has 0 aliphatic heterocycles. The lowest BCUT2D eigenvalue weighted by molar-refractivity contribution is 0.0729. The number of nitrogens with zero attached hydrogens (tertiary/aromatic N) is 2. The van der Waals surface area contributed by atoms with Gasteiger partial charge in [-0.1, -0.05) is 0 Å². The summed E-state index contributed by atoms with van der Waals surface area (Å²) in [6.45, 7) is 2.01. The number of nitrogens with one attached hydrogen (secondary N) is 1. The minimum atomic E-state index is -0.120. The Hall–Kier alpha value is -1.08. The number of hydrogen-bond acceptors (Lipinski definition) is 3. The standard InChI is InChI=1S/C13H15Br2N3O2/c1-8(5-6-9-4-3-7-20-9)18(2)13(19)11-10(14)12(15)17-16-11/h3-4,7-8H,5-6H2,1-2H3,(H,16,17). The molecule has 1 N–H and O–H groups in total. The van der Waals surface area contributed by atoms with Crippen LogP contribution in [0.15, 0.2) is 31.9 Å². The van der Waals surface area contributed by atoms with E-state index in [2.05, 4.69) is 42.1 Å². The summed E-state index contributed by atoms with van der Waals surface area (Å²) in [7, 11) is 1.78. The summed E-state index contributed by atoms with van der Waals surface area (Å²) in [5.41, 5.74) is 0.379. The predicted molar refractivity (Wildman–Crippen MR) is 82.6 cm³/mol. The Morgan fingerprint density at radius 3 is 2.85 bits per heavy atom. The van der Waals surface area contributed by atoms with Crippen LogP contribution in [0.1, 0.15) is 29.6 Å². The number of amides is 1. The highest BCUT2D eigenvalue weighted by Crippen LogP contribution is 2.25. The Bertz CT molecular complexity index is 580. The van der Waals surface area contributed by atoms with Crippen LogP contribution in [0.4, 0.5) is 0 Å². The number of carbonyl (C=O) groups excluding carboxylic acids is 1. The summed E-state index contributed by atoms with van der Waals surface area (Å²) in [6.07, 6.45) is 3.30. The largest absolute Gasteiger partial charge is 0.469 e. The van der Waals surface area contributed by atoms with Gasteiger partial charge in [-0.2, -0.15) is 5.10 Å². The van der Waals surface area contributed by atoms with Crippen LogP contribution in [-0.4, -0.2) is 34.1 Å². The molecule has 0 spiro atoms. The highest BCUT2D eigenvalue weighted by Gasteiger charge is 2.23. The van der Waals surface area contributed by atoms with Crippen molar-refractivity contribution in [1.29, 1.82) is 0 Å². The van der Waals surface area contributed by atoms with Crippen LogP contribution in [0, 0.1) is 0 Å². The fraction of sp³-hybridized carbons (Fsp3) is 0.385. The first-order chi connectivity index (χ1) is 9.50. The summed E-state index contributed by atoms with van der Waals surface area (Å²) >= 11 is 6.61. The lowest BCUT2D eigenvalue weighted by Crippen LogP contribution is -2.35. The van der Waals surface area contributed by atoms with Gasteiger partial charge in [-0.15, -0.1) is 0 Å². The fourth-order valence-corrected chi connectivity index (χ4v) is 2.44. The van der Waals surface area contributed by atoms with Crippen molar-refractivity contribution in [2.75, 3.05) is 7.05 Å². The highest BCUT2D eigenvalue weighted by atomic mass is 79.9. The molecule has 0 saturated heterocycles. The van der Waals surface area contributed by atoms with E-state index in [0.29, 0.717) is 14.8 Å². The molecular formula is C13H15Br2N3O2. The third kappa shape index (κ3) is 3.32. The van der Waals surface area contributed by atoms with Gasteiger partial charge in [-0.25, -0.2) is 0 Å². The van der Waals surface area contributed by atoms with Crippen LogP contribution in [0.25, 0.3) is 0 Å². The van der Waals surface area contributed by atoms with Crippen LogP contribution >= 0.6 is 31.9 Å². The zero-order valence-electron chi connectivity index (χ0n) is 11.2. The Labute approximate surface area is 134 Å². The van der Waals surface area contributed by atoms with Gasteiger partial charge in [0.25, 0.3) is 5.91 Å². The van der Waals surface area contributed by atoms with Gasteiger partial charge in [-0.3, -0.25) is 9.89 Å². The van der Waals surface area contributed by atoms with Gasteiger partial charge >= 0.3 is 0 Å². The van der Waals surface area contributed by atoms with Crippen LogP contribution in [0.5, 0.6) is 0 Å². The lowest BCUT2D eigenvalue weighted by atomic mass is 10.1. The minimum Gasteiger partial charge on any atom is -0.469 e. The Kier molecular flexibility index (Phi) is 5.04. The Morgan fingerprint density at radius 1 is 1.55 bits per heavy atom. The van der Waals surface area contributed by atoms with Crippen molar-refractivity contribution in [2.24, 2.45) is 0 Å². The second-order valence-electron chi connectivity index (χ2n) is 4.58. The van der Waals surface area contributed by atoms with Gasteiger partial charge in [0.2, 0.25) is 0 Å². The quantitative estimate of drug-likeness (QED) is 0.827. The zero-order chi connectivity index (χ0) is 14.7. The summed E-state index contributed by atoms with van der Waals surface area (Å²) in [5.74, 6) is 0.812. The average Bonchev–Trinajstić information content (AvgIpc) is 3.06. The maximum absolute atomic E-state index is 12.4. The molecule has 0 aromatic carbocycles. The normalized spacial score (nSPS) is 12.4. The van der Waals surface area contributed by atoms with Crippen molar-refractivity contribution in [3.8, 4) is 0 Å². The molecule has 5 nitrogen and oxygen atoms in total. The molecular weight excluding hydrogens is 390 g/mol. The van der Waals surface area contributed by atoms with Gasteiger partial charge in [-0.05, 0) is 57.3 Å². The second kappa shape index (κ2) is 6.58. The van der Waals surface area contributed by atoms with Crippen molar-refractivity contribution < 1.29 is 9.21 Å². The molecule has 1 amide bonds. The van der Waals surface area contributed by atoms with Crippen molar-refractivity contribution in [3.05, 3.63) is 38.9 Å². The third-order valence-corrected chi connectivity index (χ3v) is 5.12. The molecule has 7 heteroatoms. The van der Waals surface area contributed by atoms with E-state index in [-0.39, 0.29) is 11.9 Å². The molecule has 0 saturated carbocycles. The SMILES string of the molecule is CC(CCc1ccco1)N(C)C(=O)c1n[nH]c(Br)c1Br. The molecule has 0 aliphatic carbocycles. The van der Waals surface area contributed by atoms with E-state index in [1.54, 1.807) is 18.2 Å². The summed E-state index contributed by atoms with van der Waals surface area (Å²) in [6, 6.07) is 3.90. The smallest absolute Gasteiger partial charge is 0.275 e. The van der Waals surface area contributed by atoms with Crippen molar-refractivity contribution in [3.63, 3.8) is 0 Å². The number of H-pyrrole nitrogens is 1. The molecule has 1 unspecified atom stereocenters. The molecule has 0 aliphatic rings. The molecule has 20 heavy (non-hydrogen) atoms. The molecule has 2 aromatic rings. The Morgan fingerprint density at radius 2 is 2.30 bits per heavy atom.